The molecule has 1 atom stereocenters. The van der Waals surface area contributed by atoms with E-state index in [4.69, 9.17) is 14.2 Å². The molecule has 0 radical (unpaired) electrons. The summed E-state index contributed by atoms with van der Waals surface area (Å²) in [6.07, 6.45) is 75.0. The standard InChI is InChI=1S/C62H102O6/c1-4-7-10-13-16-19-22-25-28-30-31-33-34-37-40-43-46-49-52-55-61(64)67-58-59(57-66-60(63)54-51-48-45-42-39-36-27-24-21-18-15-12-9-6-3)68-62(65)56-53-50-47-44-41-38-35-32-29-26-23-20-17-14-11-8-5-2/h16-17,19-20,24-29,31,33,35,37-38,40,44,47,59H,4-15,18,21-23,30,32,34,36,39,41-43,45-46,48-58H2,1-3H3/b19-16+,20-17+,27-24+,28-25+,29-26+,33-31+,38-35+,40-37+,47-44+/t59-/m1/s1. The summed E-state index contributed by atoms with van der Waals surface area (Å²) in [4.78, 5) is 38.1. The van der Waals surface area contributed by atoms with Crippen molar-refractivity contribution >= 4 is 17.9 Å². The van der Waals surface area contributed by atoms with Crippen LogP contribution in [0, 0.1) is 0 Å². The third-order valence-electron chi connectivity index (χ3n) is 11.5. The maximum Gasteiger partial charge on any atom is 0.306 e. The van der Waals surface area contributed by atoms with Crippen LogP contribution in [0.1, 0.15) is 245 Å². The molecule has 0 saturated heterocycles. The van der Waals surface area contributed by atoms with E-state index >= 15 is 0 Å². The first-order valence-electron chi connectivity index (χ1n) is 27.9. The lowest BCUT2D eigenvalue weighted by molar-refractivity contribution is -0.167. The summed E-state index contributed by atoms with van der Waals surface area (Å²) in [5.74, 6) is -1.01. The van der Waals surface area contributed by atoms with Gasteiger partial charge in [-0.25, -0.2) is 0 Å². The number of hydrogen-bond acceptors (Lipinski definition) is 6. The second kappa shape index (κ2) is 55.7. The van der Waals surface area contributed by atoms with E-state index in [9.17, 15) is 14.4 Å². The van der Waals surface area contributed by atoms with Gasteiger partial charge in [-0.2, -0.15) is 0 Å². The number of esters is 3. The van der Waals surface area contributed by atoms with Gasteiger partial charge >= 0.3 is 17.9 Å². The normalized spacial score (nSPS) is 12.9. The fourth-order valence-electron chi connectivity index (χ4n) is 7.23. The van der Waals surface area contributed by atoms with Crippen molar-refractivity contribution < 1.29 is 28.6 Å². The number of ether oxygens (including phenoxy) is 3. The quantitative estimate of drug-likeness (QED) is 0.0262. The first-order valence-corrected chi connectivity index (χ1v) is 27.9. The van der Waals surface area contributed by atoms with E-state index in [1.165, 1.54) is 96.3 Å². The van der Waals surface area contributed by atoms with Crippen molar-refractivity contribution in [1.82, 2.24) is 0 Å². The van der Waals surface area contributed by atoms with Crippen molar-refractivity contribution in [2.75, 3.05) is 13.2 Å². The van der Waals surface area contributed by atoms with Crippen LogP contribution in [0.5, 0.6) is 0 Å². The molecule has 0 amide bonds. The number of carbonyl (C=O) groups is 3. The van der Waals surface area contributed by atoms with Gasteiger partial charge in [0.1, 0.15) is 13.2 Å². The molecule has 0 aliphatic heterocycles. The molecule has 386 valence electrons. The smallest absolute Gasteiger partial charge is 0.306 e. The minimum atomic E-state index is -0.825. The Labute approximate surface area is 419 Å². The summed E-state index contributed by atoms with van der Waals surface area (Å²) >= 11 is 0. The topological polar surface area (TPSA) is 78.9 Å². The van der Waals surface area contributed by atoms with E-state index in [2.05, 4.69) is 130 Å². The molecule has 0 unspecified atom stereocenters. The highest BCUT2D eigenvalue weighted by Gasteiger charge is 2.19. The van der Waals surface area contributed by atoms with Crippen molar-refractivity contribution in [2.24, 2.45) is 0 Å². The SMILES string of the molecule is CCCCC/C=C/C/C=C/C/C=C/C/C=C/CCCCCC(=O)OC[C@@H](COC(=O)CCCCCCC/C=C/CCCCCCC)OC(=O)CCC/C=C/C/C=C/C/C=C/C/C=C/CCCCC. The van der Waals surface area contributed by atoms with Crippen molar-refractivity contribution in [1.29, 1.82) is 0 Å². The second-order valence-corrected chi connectivity index (χ2v) is 18.1. The molecule has 6 heteroatoms. The molecule has 0 aromatic carbocycles. The number of carbonyl (C=O) groups excluding carboxylic acids is 3. The third-order valence-corrected chi connectivity index (χ3v) is 11.5. The third kappa shape index (κ3) is 53.0. The van der Waals surface area contributed by atoms with Crippen LogP contribution in [0.3, 0.4) is 0 Å². The Kier molecular flexibility index (Phi) is 52.4. The van der Waals surface area contributed by atoms with Gasteiger partial charge < -0.3 is 14.2 Å². The molecular formula is C62H102O6. The lowest BCUT2D eigenvalue weighted by atomic mass is 10.1. The molecule has 0 N–H and O–H groups in total. The summed E-state index contributed by atoms with van der Waals surface area (Å²) < 4.78 is 16.8. The second-order valence-electron chi connectivity index (χ2n) is 18.1. The minimum absolute atomic E-state index is 0.116. The molecule has 0 aromatic rings. The molecular weight excluding hydrogens is 841 g/mol. The fourth-order valence-corrected chi connectivity index (χ4v) is 7.23. The van der Waals surface area contributed by atoms with Crippen LogP contribution in [-0.2, 0) is 28.6 Å². The number of unbranched alkanes of at least 4 members (excludes halogenated alkanes) is 20. The van der Waals surface area contributed by atoms with Crippen molar-refractivity contribution in [3.8, 4) is 0 Å². The summed E-state index contributed by atoms with van der Waals surface area (Å²) in [5, 5.41) is 0. The number of hydrogen-bond donors (Lipinski definition) is 0. The van der Waals surface area contributed by atoms with Crippen LogP contribution in [0.15, 0.2) is 109 Å². The zero-order chi connectivity index (χ0) is 49.3. The van der Waals surface area contributed by atoms with Gasteiger partial charge in [0.05, 0.1) is 0 Å². The Morgan fingerprint density at radius 2 is 0.544 bits per heavy atom. The van der Waals surface area contributed by atoms with E-state index in [0.717, 1.165) is 103 Å². The average molecular weight is 943 g/mol. The van der Waals surface area contributed by atoms with Gasteiger partial charge in [0.25, 0.3) is 0 Å². The van der Waals surface area contributed by atoms with Crippen LogP contribution in [-0.4, -0.2) is 37.2 Å². The monoisotopic (exact) mass is 943 g/mol. The maximum absolute atomic E-state index is 12.8. The Morgan fingerprint density at radius 1 is 0.294 bits per heavy atom. The molecule has 0 aliphatic carbocycles. The largest absolute Gasteiger partial charge is 0.462 e. The highest BCUT2D eigenvalue weighted by Crippen LogP contribution is 2.12. The van der Waals surface area contributed by atoms with Gasteiger partial charge in [0.15, 0.2) is 6.10 Å². The highest BCUT2D eigenvalue weighted by atomic mass is 16.6. The Hall–Kier alpha value is -3.93. The number of rotatable bonds is 49. The predicted octanol–water partition coefficient (Wildman–Crippen LogP) is 18.7. The van der Waals surface area contributed by atoms with Crippen molar-refractivity contribution in [3.05, 3.63) is 109 Å². The Bertz CT molecular complexity index is 1410. The highest BCUT2D eigenvalue weighted by molar-refractivity contribution is 5.71. The van der Waals surface area contributed by atoms with Crippen LogP contribution < -0.4 is 0 Å². The predicted molar refractivity (Wildman–Crippen MR) is 293 cm³/mol. The maximum atomic E-state index is 12.8. The van der Waals surface area contributed by atoms with Crippen LogP contribution in [0.25, 0.3) is 0 Å². The van der Waals surface area contributed by atoms with Crippen molar-refractivity contribution in [3.63, 3.8) is 0 Å². The van der Waals surface area contributed by atoms with Crippen LogP contribution in [0.4, 0.5) is 0 Å². The van der Waals surface area contributed by atoms with Crippen molar-refractivity contribution in [2.45, 2.75) is 252 Å². The summed E-state index contributed by atoms with van der Waals surface area (Å²) in [7, 11) is 0. The lowest BCUT2D eigenvalue weighted by Gasteiger charge is -2.18. The lowest BCUT2D eigenvalue weighted by Crippen LogP contribution is -2.30. The molecule has 0 spiro atoms. The molecule has 0 aliphatic rings. The first kappa shape index (κ1) is 64.1. The fraction of sp³-hybridized carbons (Fsp3) is 0.661. The molecule has 0 bridgehead atoms. The molecule has 68 heavy (non-hydrogen) atoms. The van der Waals surface area contributed by atoms with E-state index in [-0.39, 0.29) is 37.5 Å². The van der Waals surface area contributed by atoms with Gasteiger partial charge in [-0.15, -0.1) is 0 Å². The van der Waals surface area contributed by atoms with E-state index < -0.39 is 6.10 Å². The molecule has 0 aromatic heterocycles. The average Bonchev–Trinajstić information content (AvgIpc) is 3.34. The zero-order valence-electron chi connectivity index (χ0n) is 44.1. The zero-order valence-corrected chi connectivity index (χ0v) is 44.1. The van der Waals surface area contributed by atoms with Gasteiger partial charge in [0, 0.05) is 19.3 Å². The van der Waals surface area contributed by atoms with Gasteiger partial charge in [-0.05, 0) is 128 Å². The summed E-state index contributed by atoms with van der Waals surface area (Å²) in [5.41, 5.74) is 0. The molecule has 0 saturated carbocycles. The molecule has 0 rings (SSSR count). The molecule has 6 nitrogen and oxygen atoms in total. The van der Waals surface area contributed by atoms with E-state index in [0.29, 0.717) is 19.3 Å². The Morgan fingerprint density at radius 3 is 0.926 bits per heavy atom. The van der Waals surface area contributed by atoms with Crippen LogP contribution >= 0.6 is 0 Å². The molecule has 0 heterocycles. The summed E-state index contributed by atoms with van der Waals surface area (Å²) in [6.45, 7) is 6.49. The van der Waals surface area contributed by atoms with E-state index in [1.807, 2.05) is 0 Å². The number of allylic oxidation sites excluding steroid dienone is 18. The first-order chi connectivity index (χ1) is 33.5. The Balaban J connectivity index is 4.56. The minimum Gasteiger partial charge on any atom is -0.462 e. The van der Waals surface area contributed by atoms with Gasteiger partial charge in [0.2, 0.25) is 0 Å². The van der Waals surface area contributed by atoms with Crippen LogP contribution in [0.2, 0.25) is 0 Å². The van der Waals surface area contributed by atoms with Gasteiger partial charge in [-0.3, -0.25) is 14.4 Å². The molecule has 0 fully saturated rings. The summed E-state index contributed by atoms with van der Waals surface area (Å²) in [6, 6.07) is 0. The van der Waals surface area contributed by atoms with E-state index in [1.54, 1.807) is 0 Å². The van der Waals surface area contributed by atoms with Gasteiger partial charge in [-0.1, -0.05) is 207 Å².